The summed E-state index contributed by atoms with van der Waals surface area (Å²) in [6.45, 7) is 2.61. The van der Waals surface area contributed by atoms with Gasteiger partial charge in [-0.1, -0.05) is 18.9 Å². The van der Waals surface area contributed by atoms with E-state index in [0.29, 0.717) is 37.4 Å². The van der Waals surface area contributed by atoms with Gasteiger partial charge < -0.3 is 25.5 Å². The number of hydrogen-bond acceptors (Lipinski definition) is 4. The van der Waals surface area contributed by atoms with E-state index in [0.717, 1.165) is 18.5 Å². The van der Waals surface area contributed by atoms with Crippen molar-refractivity contribution in [2.24, 2.45) is 0 Å². The SMILES string of the molecule is O=C(NC1CCCC1)c1ccc(NC(=O)N2CCN(c3cccc(O)c3)CC2)cc1. The molecule has 2 aliphatic rings. The highest BCUT2D eigenvalue weighted by atomic mass is 16.3. The number of rotatable bonds is 4. The second-order valence-electron chi connectivity index (χ2n) is 7.96. The van der Waals surface area contributed by atoms with Crippen molar-refractivity contribution in [1.29, 1.82) is 0 Å². The van der Waals surface area contributed by atoms with Gasteiger partial charge in [-0.2, -0.15) is 0 Å². The van der Waals surface area contributed by atoms with E-state index >= 15 is 0 Å². The van der Waals surface area contributed by atoms with E-state index in [-0.39, 0.29) is 23.7 Å². The molecule has 2 fully saturated rings. The number of nitrogens with zero attached hydrogens (tertiary/aromatic N) is 2. The summed E-state index contributed by atoms with van der Waals surface area (Å²) in [5.74, 6) is 0.191. The Morgan fingerprint density at radius 3 is 2.30 bits per heavy atom. The molecule has 4 rings (SSSR count). The maximum absolute atomic E-state index is 12.6. The molecule has 0 atom stereocenters. The highest BCUT2D eigenvalue weighted by Gasteiger charge is 2.22. The third-order valence-electron chi connectivity index (χ3n) is 5.85. The van der Waals surface area contributed by atoms with E-state index in [1.54, 1.807) is 41.3 Å². The predicted octanol–water partition coefficient (Wildman–Crippen LogP) is 3.42. The van der Waals surface area contributed by atoms with Gasteiger partial charge in [0, 0.05) is 55.2 Å². The quantitative estimate of drug-likeness (QED) is 0.724. The van der Waals surface area contributed by atoms with Crippen LogP contribution in [0.1, 0.15) is 36.0 Å². The average Bonchev–Trinajstić information content (AvgIpc) is 3.27. The number of amides is 3. The standard InChI is InChI=1S/C23H28N4O3/c28-21-7-3-6-20(16-21)26-12-14-27(15-13-26)23(30)25-19-10-8-17(9-11-19)22(29)24-18-4-1-2-5-18/h3,6-11,16,18,28H,1-2,4-5,12-15H2,(H,24,29)(H,25,30). The lowest BCUT2D eigenvalue weighted by Crippen LogP contribution is -2.50. The number of benzene rings is 2. The smallest absolute Gasteiger partial charge is 0.321 e. The van der Waals surface area contributed by atoms with Crippen LogP contribution in [0.5, 0.6) is 5.75 Å². The normalized spacial score (nSPS) is 17.1. The molecule has 3 amide bonds. The van der Waals surface area contributed by atoms with Gasteiger partial charge in [0.15, 0.2) is 0 Å². The van der Waals surface area contributed by atoms with Crippen LogP contribution in [-0.4, -0.2) is 54.2 Å². The summed E-state index contributed by atoms with van der Waals surface area (Å²) in [5.41, 5.74) is 2.24. The minimum Gasteiger partial charge on any atom is -0.508 e. The van der Waals surface area contributed by atoms with Crippen LogP contribution in [0, 0.1) is 0 Å². The molecule has 0 unspecified atom stereocenters. The van der Waals surface area contributed by atoms with Crippen molar-refractivity contribution < 1.29 is 14.7 Å². The van der Waals surface area contributed by atoms with Crippen molar-refractivity contribution in [3.05, 3.63) is 54.1 Å². The van der Waals surface area contributed by atoms with E-state index in [4.69, 9.17) is 0 Å². The monoisotopic (exact) mass is 408 g/mol. The summed E-state index contributed by atoms with van der Waals surface area (Å²) in [7, 11) is 0. The number of urea groups is 1. The first kappa shape index (κ1) is 20.1. The number of piperazine rings is 1. The fourth-order valence-electron chi connectivity index (χ4n) is 4.10. The minimum absolute atomic E-state index is 0.0529. The van der Waals surface area contributed by atoms with E-state index in [2.05, 4.69) is 15.5 Å². The molecule has 0 spiro atoms. The molecule has 1 aliphatic heterocycles. The van der Waals surface area contributed by atoms with Gasteiger partial charge in [0.05, 0.1) is 0 Å². The van der Waals surface area contributed by atoms with Crippen molar-refractivity contribution in [2.75, 3.05) is 36.4 Å². The van der Waals surface area contributed by atoms with Crippen molar-refractivity contribution in [1.82, 2.24) is 10.2 Å². The zero-order chi connectivity index (χ0) is 20.9. The van der Waals surface area contributed by atoms with Crippen molar-refractivity contribution >= 4 is 23.3 Å². The van der Waals surface area contributed by atoms with Crippen molar-refractivity contribution in [3.63, 3.8) is 0 Å². The van der Waals surface area contributed by atoms with Crippen LogP contribution in [0.3, 0.4) is 0 Å². The number of hydrogen-bond donors (Lipinski definition) is 3. The number of aromatic hydroxyl groups is 1. The average molecular weight is 409 g/mol. The zero-order valence-corrected chi connectivity index (χ0v) is 17.0. The number of carbonyl (C=O) groups is 2. The Balaban J connectivity index is 1.27. The topological polar surface area (TPSA) is 84.9 Å². The Labute approximate surface area is 176 Å². The Morgan fingerprint density at radius 2 is 1.63 bits per heavy atom. The maximum Gasteiger partial charge on any atom is 0.321 e. The van der Waals surface area contributed by atoms with Crippen LogP contribution in [0.25, 0.3) is 0 Å². The summed E-state index contributed by atoms with van der Waals surface area (Å²) in [5, 5.41) is 15.6. The van der Waals surface area contributed by atoms with Crippen LogP contribution in [0.2, 0.25) is 0 Å². The van der Waals surface area contributed by atoms with Crippen LogP contribution in [0.4, 0.5) is 16.2 Å². The molecule has 0 radical (unpaired) electrons. The van der Waals surface area contributed by atoms with Crippen LogP contribution < -0.4 is 15.5 Å². The lowest BCUT2D eigenvalue weighted by atomic mass is 10.1. The molecule has 7 heteroatoms. The van der Waals surface area contributed by atoms with Crippen LogP contribution in [-0.2, 0) is 0 Å². The van der Waals surface area contributed by atoms with E-state index in [1.165, 1.54) is 12.8 Å². The highest BCUT2D eigenvalue weighted by Crippen LogP contribution is 2.22. The number of anilines is 2. The Hall–Kier alpha value is -3.22. The largest absolute Gasteiger partial charge is 0.508 e. The molecule has 1 aliphatic carbocycles. The lowest BCUT2D eigenvalue weighted by molar-refractivity contribution is 0.0938. The molecule has 158 valence electrons. The van der Waals surface area contributed by atoms with Gasteiger partial charge >= 0.3 is 6.03 Å². The van der Waals surface area contributed by atoms with Gasteiger partial charge in [-0.25, -0.2) is 4.79 Å². The molecule has 1 saturated carbocycles. The first-order valence-corrected chi connectivity index (χ1v) is 10.6. The number of phenolic OH excluding ortho intramolecular Hbond substituents is 1. The number of phenols is 1. The predicted molar refractivity (Wildman–Crippen MR) is 117 cm³/mol. The first-order valence-electron chi connectivity index (χ1n) is 10.6. The molecule has 2 aromatic rings. The van der Waals surface area contributed by atoms with Crippen molar-refractivity contribution in [3.8, 4) is 5.75 Å². The van der Waals surface area contributed by atoms with Gasteiger partial charge in [0.1, 0.15) is 5.75 Å². The fraction of sp³-hybridized carbons (Fsp3) is 0.391. The third kappa shape index (κ3) is 4.84. The molecule has 1 heterocycles. The third-order valence-corrected chi connectivity index (χ3v) is 5.85. The molecule has 0 bridgehead atoms. The molecular formula is C23H28N4O3. The van der Waals surface area contributed by atoms with Gasteiger partial charge in [-0.15, -0.1) is 0 Å². The molecule has 30 heavy (non-hydrogen) atoms. The summed E-state index contributed by atoms with van der Waals surface area (Å²) in [4.78, 5) is 28.8. The second-order valence-corrected chi connectivity index (χ2v) is 7.96. The van der Waals surface area contributed by atoms with E-state index < -0.39 is 0 Å². The molecule has 2 aromatic carbocycles. The van der Waals surface area contributed by atoms with Gasteiger partial charge in [-0.05, 0) is 49.2 Å². The molecule has 3 N–H and O–H groups in total. The highest BCUT2D eigenvalue weighted by molar-refractivity contribution is 5.95. The van der Waals surface area contributed by atoms with E-state index in [1.807, 2.05) is 12.1 Å². The van der Waals surface area contributed by atoms with Gasteiger partial charge in [0.2, 0.25) is 0 Å². The number of carbonyl (C=O) groups excluding carboxylic acids is 2. The minimum atomic E-state index is -0.145. The molecule has 7 nitrogen and oxygen atoms in total. The Morgan fingerprint density at radius 1 is 0.933 bits per heavy atom. The number of nitrogens with one attached hydrogen (secondary N) is 2. The fourth-order valence-corrected chi connectivity index (χ4v) is 4.10. The molecule has 1 saturated heterocycles. The second kappa shape index (κ2) is 9.07. The summed E-state index contributed by atoms with van der Waals surface area (Å²) in [6.07, 6.45) is 4.47. The summed E-state index contributed by atoms with van der Waals surface area (Å²) < 4.78 is 0. The van der Waals surface area contributed by atoms with E-state index in [9.17, 15) is 14.7 Å². The summed E-state index contributed by atoms with van der Waals surface area (Å²) in [6, 6.07) is 14.3. The first-order chi connectivity index (χ1) is 14.6. The molecular weight excluding hydrogens is 380 g/mol. The van der Waals surface area contributed by atoms with Gasteiger partial charge in [-0.3, -0.25) is 4.79 Å². The Kier molecular flexibility index (Phi) is 6.07. The van der Waals surface area contributed by atoms with Crippen LogP contribution >= 0.6 is 0 Å². The maximum atomic E-state index is 12.6. The zero-order valence-electron chi connectivity index (χ0n) is 17.0. The lowest BCUT2D eigenvalue weighted by Gasteiger charge is -2.36. The summed E-state index contributed by atoms with van der Waals surface area (Å²) >= 11 is 0. The van der Waals surface area contributed by atoms with Crippen molar-refractivity contribution in [2.45, 2.75) is 31.7 Å². The van der Waals surface area contributed by atoms with Gasteiger partial charge in [0.25, 0.3) is 5.91 Å². The Bertz CT molecular complexity index is 886. The van der Waals surface area contributed by atoms with Crippen LogP contribution in [0.15, 0.2) is 48.5 Å². The molecule has 0 aromatic heterocycles.